The zero-order chi connectivity index (χ0) is 22.1. The molecule has 0 spiro atoms. The largest absolute Gasteiger partial charge is 0.367 e. The summed E-state index contributed by atoms with van der Waals surface area (Å²) in [5.74, 6) is -0.592. The number of nitrogens with zero attached hydrogens (tertiary/aromatic N) is 4. The molecule has 0 bridgehead atoms. The number of benzene rings is 2. The van der Waals surface area contributed by atoms with Gasteiger partial charge in [0.1, 0.15) is 17.3 Å². The Bertz CT molecular complexity index is 1310. The summed E-state index contributed by atoms with van der Waals surface area (Å²) in [6.45, 7) is 1.41. The third kappa shape index (κ3) is 3.84. The molecule has 162 valence electrons. The number of aromatic nitrogens is 3. The fourth-order valence-corrected chi connectivity index (χ4v) is 4.29. The molecule has 0 amide bonds. The Hall–Kier alpha value is -3.68. The molecule has 1 atom stereocenters. The second-order valence-electron chi connectivity index (χ2n) is 7.94. The van der Waals surface area contributed by atoms with Gasteiger partial charge < -0.3 is 10.2 Å². The number of carbonyl (C=O) groups excluding carboxylic acids is 1. The van der Waals surface area contributed by atoms with Crippen LogP contribution in [0.2, 0.25) is 0 Å². The van der Waals surface area contributed by atoms with Gasteiger partial charge in [-0.25, -0.2) is 18.7 Å². The summed E-state index contributed by atoms with van der Waals surface area (Å²) in [6.07, 6.45) is 5.38. The van der Waals surface area contributed by atoms with Gasteiger partial charge in [-0.3, -0.25) is 9.78 Å². The van der Waals surface area contributed by atoms with Crippen molar-refractivity contribution in [2.45, 2.75) is 25.3 Å². The number of nitrogens with one attached hydrogen (secondary N) is 1. The molecule has 8 heteroatoms. The van der Waals surface area contributed by atoms with Gasteiger partial charge in [0.15, 0.2) is 17.9 Å². The van der Waals surface area contributed by atoms with Gasteiger partial charge in [0.2, 0.25) is 0 Å². The minimum Gasteiger partial charge on any atom is -0.367 e. The van der Waals surface area contributed by atoms with Gasteiger partial charge in [-0.2, -0.15) is 0 Å². The molecule has 4 aromatic rings. The molecule has 1 aliphatic rings. The highest BCUT2D eigenvalue weighted by Gasteiger charge is 2.25. The van der Waals surface area contributed by atoms with E-state index in [-0.39, 0.29) is 6.04 Å². The highest BCUT2D eigenvalue weighted by molar-refractivity contribution is 5.95. The van der Waals surface area contributed by atoms with Crippen LogP contribution in [0.1, 0.15) is 29.8 Å². The van der Waals surface area contributed by atoms with E-state index in [0.29, 0.717) is 29.1 Å². The van der Waals surface area contributed by atoms with Crippen molar-refractivity contribution >= 4 is 39.7 Å². The first-order valence-electron chi connectivity index (χ1n) is 10.6. The average molecular weight is 433 g/mol. The Kier molecular flexibility index (Phi) is 5.34. The van der Waals surface area contributed by atoms with E-state index in [9.17, 15) is 13.6 Å². The standard InChI is InChI=1S/C24H21F2N5O/c25-19-10-21-22(11-20(19)26)30-23(13-27-21)28-12-17-6-3-4-8-31(17)24-18-7-2-1-5-15(18)9-16(14-32)29-24/h1-2,5,7,9-11,13-14,17H,3-4,6,8,12H2,(H,28,30)/t17-/m0/s1. The van der Waals surface area contributed by atoms with Crippen LogP contribution in [0.25, 0.3) is 21.8 Å². The normalized spacial score (nSPS) is 16.4. The lowest BCUT2D eigenvalue weighted by Gasteiger charge is -2.37. The van der Waals surface area contributed by atoms with E-state index >= 15 is 0 Å². The SMILES string of the molecule is O=Cc1cc2ccccc2c(N2CCCC[C@H]2CNc2cnc3cc(F)c(F)cc3n2)n1. The first-order chi connectivity index (χ1) is 15.6. The highest BCUT2D eigenvalue weighted by Crippen LogP contribution is 2.30. The molecule has 3 heterocycles. The predicted octanol–water partition coefficient (Wildman–Crippen LogP) is 4.74. The van der Waals surface area contributed by atoms with Crippen LogP contribution in [0, 0.1) is 11.6 Å². The van der Waals surface area contributed by atoms with Crippen LogP contribution >= 0.6 is 0 Å². The third-order valence-corrected chi connectivity index (χ3v) is 5.86. The monoisotopic (exact) mass is 433 g/mol. The van der Waals surface area contributed by atoms with Crippen LogP contribution in [0.3, 0.4) is 0 Å². The fourth-order valence-electron chi connectivity index (χ4n) is 4.29. The number of fused-ring (bicyclic) bond motifs is 2. The Labute approximate surface area is 183 Å². The van der Waals surface area contributed by atoms with E-state index in [1.54, 1.807) is 6.07 Å². The van der Waals surface area contributed by atoms with Crippen molar-refractivity contribution in [3.63, 3.8) is 0 Å². The number of pyridine rings is 1. The first-order valence-corrected chi connectivity index (χ1v) is 10.6. The number of hydrogen-bond donors (Lipinski definition) is 1. The van der Waals surface area contributed by atoms with E-state index < -0.39 is 11.6 Å². The third-order valence-electron chi connectivity index (χ3n) is 5.86. The maximum atomic E-state index is 13.6. The van der Waals surface area contributed by atoms with Gasteiger partial charge in [0, 0.05) is 36.7 Å². The average Bonchev–Trinajstić information content (AvgIpc) is 2.83. The van der Waals surface area contributed by atoms with Crippen LogP contribution in [0.5, 0.6) is 0 Å². The van der Waals surface area contributed by atoms with Gasteiger partial charge in [-0.05, 0) is 30.7 Å². The topological polar surface area (TPSA) is 71.0 Å². The zero-order valence-corrected chi connectivity index (χ0v) is 17.3. The van der Waals surface area contributed by atoms with Crippen LogP contribution in [0.4, 0.5) is 20.4 Å². The van der Waals surface area contributed by atoms with Crippen molar-refractivity contribution < 1.29 is 13.6 Å². The molecule has 0 aliphatic carbocycles. The van der Waals surface area contributed by atoms with Crippen LogP contribution in [-0.2, 0) is 0 Å². The summed E-state index contributed by atoms with van der Waals surface area (Å²) in [5, 5.41) is 5.27. The maximum absolute atomic E-state index is 13.6. The number of carbonyl (C=O) groups is 1. The summed E-state index contributed by atoms with van der Waals surface area (Å²) in [5.41, 5.74) is 1.00. The Morgan fingerprint density at radius 3 is 2.72 bits per heavy atom. The second-order valence-corrected chi connectivity index (χ2v) is 7.94. The van der Waals surface area contributed by atoms with Crippen LogP contribution in [0.15, 0.2) is 48.7 Å². The van der Waals surface area contributed by atoms with E-state index in [4.69, 9.17) is 0 Å². The number of aldehydes is 1. The minimum atomic E-state index is -0.949. The summed E-state index contributed by atoms with van der Waals surface area (Å²) in [6, 6.07) is 11.9. The lowest BCUT2D eigenvalue weighted by molar-refractivity contribution is 0.111. The van der Waals surface area contributed by atoms with Crippen molar-refractivity contribution in [3.05, 3.63) is 66.0 Å². The summed E-state index contributed by atoms with van der Waals surface area (Å²) >= 11 is 0. The van der Waals surface area contributed by atoms with Gasteiger partial charge >= 0.3 is 0 Å². The molecule has 0 radical (unpaired) electrons. The predicted molar refractivity (Wildman–Crippen MR) is 120 cm³/mol. The number of anilines is 2. The molecule has 0 unspecified atom stereocenters. The van der Waals surface area contributed by atoms with Gasteiger partial charge in [-0.15, -0.1) is 0 Å². The highest BCUT2D eigenvalue weighted by atomic mass is 19.2. The Balaban J connectivity index is 1.42. The molecule has 1 saturated heterocycles. The molecule has 6 nitrogen and oxygen atoms in total. The Morgan fingerprint density at radius 2 is 1.88 bits per heavy atom. The molecular formula is C24H21F2N5O. The maximum Gasteiger partial charge on any atom is 0.168 e. The van der Waals surface area contributed by atoms with Gasteiger partial charge in [0.25, 0.3) is 0 Å². The first kappa shape index (κ1) is 20.2. The van der Waals surface area contributed by atoms with E-state index in [1.807, 2.05) is 24.3 Å². The fraction of sp³-hybridized carbons (Fsp3) is 0.250. The smallest absolute Gasteiger partial charge is 0.168 e. The number of rotatable bonds is 5. The summed E-state index contributed by atoms with van der Waals surface area (Å²) in [7, 11) is 0. The van der Waals surface area contributed by atoms with Crippen molar-refractivity contribution in [1.29, 1.82) is 0 Å². The molecule has 1 N–H and O–H groups in total. The number of piperidine rings is 1. The zero-order valence-electron chi connectivity index (χ0n) is 17.3. The second kappa shape index (κ2) is 8.45. The van der Waals surface area contributed by atoms with Crippen molar-refractivity contribution in [3.8, 4) is 0 Å². The van der Waals surface area contributed by atoms with E-state index in [2.05, 4.69) is 25.2 Å². The van der Waals surface area contributed by atoms with Crippen molar-refractivity contribution in [2.75, 3.05) is 23.3 Å². The number of halogens is 2. The van der Waals surface area contributed by atoms with E-state index in [0.717, 1.165) is 60.8 Å². The summed E-state index contributed by atoms with van der Waals surface area (Å²) in [4.78, 5) is 26.9. The van der Waals surface area contributed by atoms with Crippen molar-refractivity contribution in [1.82, 2.24) is 15.0 Å². The molecular weight excluding hydrogens is 412 g/mol. The van der Waals surface area contributed by atoms with E-state index in [1.165, 1.54) is 6.20 Å². The summed E-state index contributed by atoms with van der Waals surface area (Å²) < 4.78 is 27.0. The quantitative estimate of drug-likeness (QED) is 0.459. The minimum absolute atomic E-state index is 0.129. The molecule has 0 saturated carbocycles. The number of hydrogen-bond acceptors (Lipinski definition) is 6. The molecule has 5 rings (SSSR count). The molecule has 1 fully saturated rings. The van der Waals surface area contributed by atoms with Crippen LogP contribution in [-0.4, -0.2) is 40.4 Å². The molecule has 2 aromatic carbocycles. The lowest BCUT2D eigenvalue weighted by Crippen LogP contribution is -2.44. The van der Waals surface area contributed by atoms with Crippen molar-refractivity contribution in [2.24, 2.45) is 0 Å². The molecule has 1 aliphatic heterocycles. The van der Waals surface area contributed by atoms with Crippen LogP contribution < -0.4 is 10.2 Å². The Morgan fingerprint density at radius 1 is 1.06 bits per heavy atom. The molecule has 32 heavy (non-hydrogen) atoms. The van der Waals surface area contributed by atoms with Gasteiger partial charge in [0.05, 0.1) is 17.2 Å². The van der Waals surface area contributed by atoms with Gasteiger partial charge in [-0.1, -0.05) is 24.3 Å². The lowest BCUT2D eigenvalue weighted by atomic mass is 10.0. The molecule has 2 aromatic heterocycles.